The summed E-state index contributed by atoms with van der Waals surface area (Å²) in [7, 11) is -3.93. The Bertz CT molecular complexity index is 1130. The molecule has 0 radical (unpaired) electrons. The van der Waals surface area contributed by atoms with Gasteiger partial charge in [-0.3, -0.25) is 9.10 Å². The number of sulfonamides is 1. The molecule has 0 aliphatic heterocycles. The molecular weight excluding hydrogens is 412 g/mol. The minimum absolute atomic E-state index is 0.118. The van der Waals surface area contributed by atoms with Gasteiger partial charge in [-0.15, -0.1) is 0 Å². The number of nitrogens with one attached hydrogen (secondary N) is 1. The fourth-order valence-corrected chi connectivity index (χ4v) is 4.31. The minimum atomic E-state index is -3.93. The van der Waals surface area contributed by atoms with Gasteiger partial charge in [0.25, 0.3) is 10.0 Å². The highest BCUT2D eigenvalue weighted by Gasteiger charge is 2.27. The highest BCUT2D eigenvalue weighted by molar-refractivity contribution is 7.92. The molecule has 0 aliphatic carbocycles. The number of rotatable bonds is 9. The molecule has 160 valence electrons. The summed E-state index contributed by atoms with van der Waals surface area (Å²) in [5, 5.41) is 2.74. The maximum atomic E-state index is 13.3. The summed E-state index contributed by atoms with van der Waals surface area (Å²) in [4.78, 5) is 12.9. The molecule has 0 aromatic heterocycles. The van der Waals surface area contributed by atoms with Crippen LogP contribution in [0.15, 0.2) is 96.4 Å². The van der Waals surface area contributed by atoms with Gasteiger partial charge in [0.05, 0.1) is 10.6 Å². The van der Waals surface area contributed by atoms with Gasteiger partial charge in [0.1, 0.15) is 18.9 Å². The van der Waals surface area contributed by atoms with Crippen molar-refractivity contribution in [3.63, 3.8) is 0 Å². The third-order valence-corrected chi connectivity index (χ3v) is 6.23. The Balaban J connectivity index is 1.82. The molecule has 3 rings (SSSR count). The van der Waals surface area contributed by atoms with E-state index in [4.69, 9.17) is 4.74 Å². The average Bonchev–Trinajstić information content (AvgIpc) is 2.78. The summed E-state index contributed by atoms with van der Waals surface area (Å²) < 4.78 is 33.1. The molecule has 0 atom stereocenters. The lowest BCUT2D eigenvalue weighted by atomic mass is 10.2. The Hall–Kier alpha value is -3.58. The fraction of sp³-hybridized carbons (Fsp3) is 0.125. The van der Waals surface area contributed by atoms with E-state index in [0.717, 1.165) is 9.87 Å². The maximum Gasteiger partial charge on any atom is 0.264 e. The van der Waals surface area contributed by atoms with Gasteiger partial charge < -0.3 is 10.1 Å². The second kappa shape index (κ2) is 9.95. The smallest absolute Gasteiger partial charge is 0.264 e. The summed E-state index contributed by atoms with van der Waals surface area (Å²) in [6.07, 6.45) is 1.64. The molecule has 0 bridgehead atoms. The van der Waals surface area contributed by atoms with Gasteiger partial charge in [0.2, 0.25) is 5.91 Å². The van der Waals surface area contributed by atoms with E-state index in [1.165, 1.54) is 12.1 Å². The van der Waals surface area contributed by atoms with Crippen LogP contribution in [0, 0.1) is 6.92 Å². The van der Waals surface area contributed by atoms with Gasteiger partial charge in [-0.25, -0.2) is 8.42 Å². The van der Waals surface area contributed by atoms with E-state index in [9.17, 15) is 13.2 Å². The monoisotopic (exact) mass is 436 g/mol. The second-order valence-corrected chi connectivity index (χ2v) is 8.69. The number of amides is 1. The number of hydrogen-bond donors (Lipinski definition) is 1. The van der Waals surface area contributed by atoms with Crippen molar-refractivity contribution in [2.45, 2.75) is 11.8 Å². The zero-order valence-corrected chi connectivity index (χ0v) is 18.0. The number of carbonyl (C=O) groups is 1. The van der Waals surface area contributed by atoms with Crippen molar-refractivity contribution < 1.29 is 17.9 Å². The maximum absolute atomic E-state index is 13.3. The van der Waals surface area contributed by atoms with Crippen molar-refractivity contribution in [2.24, 2.45) is 0 Å². The lowest BCUT2D eigenvalue weighted by Crippen LogP contribution is -2.38. The van der Waals surface area contributed by atoms with Crippen LogP contribution in [0.3, 0.4) is 0 Å². The Morgan fingerprint density at radius 2 is 1.65 bits per heavy atom. The van der Waals surface area contributed by atoms with E-state index in [1.54, 1.807) is 60.7 Å². The van der Waals surface area contributed by atoms with E-state index >= 15 is 0 Å². The number of nitrogens with zero attached hydrogens (tertiary/aromatic N) is 1. The molecule has 0 saturated heterocycles. The van der Waals surface area contributed by atoms with Crippen LogP contribution in [0.4, 0.5) is 11.4 Å². The van der Waals surface area contributed by atoms with Gasteiger partial charge >= 0.3 is 0 Å². The predicted octanol–water partition coefficient (Wildman–Crippen LogP) is 4.39. The number of anilines is 2. The van der Waals surface area contributed by atoms with E-state index in [2.05, 4.69) is 11.9 Å². The number of hydrogen-bond acceptors (Lipinski definition) is 4. The van der Waals surface area contributed by atoms with Crippen molar-refractivity contribution in [1.29, 1.82) is 0 Å². The lowest BCUT2D eigenvalue weighted by Gasteiger charge is -2.24. The van der Waals surface area contributed by atoms with Crippen LogP contribution in [0.1, 0.15) is 5.56 Å². The first kappa shape index (κ1) is 22.1. The van der Waals surface area contributed by atoms with Gasteiger partial charge in [0, 0.05) is 5.69 Å². The largest absolute Gasteiger partial charge is 0.490 e. The molecule has 7 heteroatoms. The van der Waals surface area contributed by atoms with E-state index < -0.39 is 15.9 Å². The summed E-state index contributed by atoms with van der Waals surface area (Å²) in [5.74, 6) is 0.186. The number of carbonyl (C=O) groups excluding carboxylic acids is 1. The topological polar surface area (TPSA) is 75.7 Å². The molecule has 1 N–H and O–H groups in total. The van der Waals surface area contributed by atoms with E-state index in [-0.39, 0.29) is 11.4 Å². The first-order valence-corrected chi connectivity index (χ1v) is 11.1. The van der Waals surface area contributed by atoms with E-state index in [0.29, 0.717) is 23.7 Å². The first-order valence-electron chi connectivity index (χ1n) is 9.68. The van der Waals surface area contributed by atoms with Crippen molar-refractivity contribution in [1.82, 2.24) is 0 Å². The molecule has 0 spiro atoms. The fourth-order valence-electron chi connectivity index (χ4n) is 2.87. The van der Waals surface area contributed by atoms with Crippen molar-refractivity contribution in [2.75, 3.05) is 22.8 Å². The molecule has 1 amide bonds. The first-order chi connectivity index (χ1) is 14.9. The van der Waals surface area contributed by atoms with Crippen LogP contribution in [0.25, 0.3) is 0 Å². The van der Waals surface area contributed by atoms with Gasteiger partial charge in [-0.05, 0) is 55.5 Å². The molecule has 0 aliphatic rings. The second-order valence-electron chi connectivity index (χ2n) is 6.83. The van der Waals surface area contributed by atoms with Gasteiger partial charge in [-0.2, -0.15) is 0 Å². The van der Waals surface area contributed by atoms with Crippen LogP contribution in [-0.2, 0) is 14.8 Å². The summed E-state index contributed by atoms with van der Waals surface area (Å²) in [6.45, 7) is 5.52. The minimum Gasteiger partial charge on any atom is -0.490 e. The molecule has 0 heterocycles. The van der Waals surface area contributed by atoms with Crippen LogP contribution >= 0.6 is 0 Å². The Kier molecular flexibility index (Phi) is 7.10. The summed E-state index contributed by atoms with van der Waals surface area (Å²) >= 11 is 0. The van der Waals surface area contributed by atoms with Crippen LogP contribution in [0.5, 0.6) is 5.75 Å². The molecule has 0 fully saturated rings. The van der Waals surface area contributed by atoms with E-state index in [1.807, 2.05) is 19.1 Å². The molecule has 3 aromatic rings. The number of benzene rings is 3. The SMILES string of the molecule is C=CCOc1ccc(NC(=O)CN(c2ccc(C)cc2)S(=O)(=O)c2ccccc2)cc1. The number of ether oxygens (including phenoxy) is 1. The van der Waals surface area contributed by atoms with Gasteiger partial charge in [0.15, 0.2) is 0 Å². The molecule has 3 aromatic carbocycles. The van der Waals surface area contributed by atoms with Crippen LogP contribution in [0.2, 0.25) is 0 Å². The van der Waals surface area contributed by atoms with Crippen molar-refractivity contribution in [3.8, 4) is 5.75 Å². The quantitative estimate of drug-likeness (QED) is 0.505. The highest BCUT2D eigenvalue weighted by Crippen LogP contribution is 2.24. The lowest BCUT2D eigenvalue weighted by molar-refractivity contribution is -0.114. The average molecular weight is 437 g/mol. The molecule has 0 unspecified atom stereocenters. The molecule has 6 nitrogen and oxygen atoms in total. The zero-order valence-electron chi connectivity index (χ0n) is 17.2. The molecule has 31 heavy (non-hydrogen) atoms. The van der Waals surface area contributed by atoms with Gasteiger partial charge in [-0.1, -0.05) is 48.6 Å². The predicted molar refractivity (Wildman–Crippen MR) is 123 cm³/mol. The third kappa shape index (κ3) is 5.73. The molecule has 0 saturated carbocycles. The highest BCUT2D eigenvalue weighted by atomic mass is 32.2. The normalized spacial score (nSPS) is 10.9. The standard InChI is InChI=1S/C24H24N2O4S/c1-3-17-30-22-15-11-20(12-16-22)25-24(27)18-26(21-13-9-19(2)10-14-21)31(28,29)23-7-5-4-6-8-23/h3-16H,1,17-18H2,2H3,(H,25,27). The van der Waals surface area contributed by atoms with Crippen LogP contribution in [-0.4, -0.2) is 27.5 Å². The Morgan fingerprint density at radius 3 is 2.26 bits per heavy atom. The number of aryl methyl sites for hydroxylation is 1. The summed E-state index contributed by atoms with van der Waals surface area (Å²) in [6, 6.07) is 21.9. The Morgan fingerprint density at radius 1 is 1.00 bits per heavy atom. The Labute approximate surface area is 182 Å². The third-order valence-electron chi connectivity index (χ3n) is 4.45. The van der Waals surface area contributed by atoms with Crippen molar-refractivity contribution in [3.05, 3.63) is 97.1 Å². The van der Waals surface area contributed by atoms with Crippen LogP contribution < -0.4 is 14.4 Å². The summed E-state index contributed by atoms with van der Waals surface area (Å²) in [5.41, 5.74) is 1.94. The molecular formula is C24H24N2O4S. The van der Waals surface area contributed by atoms with Crippen molar-refractivity contribution >= 4 is 27.3 Å². The zero-order chi connectivity index (χ0) is 22.3.